The van der Waals surface area contributed by atoms with Gasteiger partial charge in [0.2, 0.25) is 0 Å². The molecule has 0 aliphatic carbocycles. The van der Waals surface area contributed by atoms with Crippen LogP contribution >= 0.6 is 0 Å². The monoisotopic (exact) mass is 181 g/mol. The summed E-state index contributed by atoms with van der Waals surface area (Å²) in [4.78, 5) is 14.1. The fraction of sp³-hybridized carbons (Fsp3) is 0.455. The number of hydrogen-bond acceptors (Lipinski definition) is 2. The summed E-state index contributed by atoms with van der Waals surface area (Å²) in [5, 5.41) is 0. The van der Waals surface area contributed by atoms with Crippen LogP contribution in [0.1, 0.15) is 43.7 Å². The van der Waals surface area contributed by atoms with Gasteiger partial charge in [-0.05, 0) is 19.1 Å². The molecule has 0 saturated carbocycles. The molecule has 0 saturated heterocycles. The lowest BCUT2D eigenvalue weighted by Gasteiger charge is -1.91. The van der Waals surface area contributed by atoms with Crippen LogP contribution in [0.15, 0.2) is 18.3 Å². The second-order valence-electron chi connectivity index (χ2n) is 1.80. The van der Waals surface area contributed by atoms with Crippen molar-refractivity contribution in [1.82, 2.24) is 4.98 Å². The molecule has 13 heavy (non-hydrogen) atoms. The lowest BCUT2D eigenvalue weighted by molar-refractivity contribution is 0.112. The van der Waals surface area contributed by atoms with Gasteiger partial charge in [-0.25, -0.2) is 0 Å². The Morgan fingerprint density at radius 2 is 1.77 bits per heavy atom. The zero-order valence-corrected chi connectivity index (χ0v) is 9.16. The zero-order chi connectivity index (χ0) is 10.7. The number of rotatable bonds is 1. The van der Waals surface area contributed by atoms with E-state index in [0.717, 1.165) is 12.0 Å². The number of hydrogen-bond donors (Lipinski definition) is 0. The molecule has 2 heteroatoms. The largest absolute Gasteiger partial charge is 0.298 e. The highest BCUT2D eigenvalue weighted by molar-refractivity contribution is 5.75. The number of aryl methyl sites for hydroxylation is 1. The molecule has 1 rings (SSSR count). The topological polar surface area (TPSA) is 30.0 Å². The van der Waals surface area contributed by atoms with Crippen LogP contribution in [-0.2, 0) is 0 Å². The molecule has 0 amide bonds. The van der Waals surface area contributed by atoms with Crippen LogP contribution < -0.4 is 0 Å². The maximum Gasteiger partial charge on any atom is 0.151 e. The van der Waals surface area contributed by atoms with Crippen molar-refractivity contribution in [2.75, 3.05) is 0 Å². The molecule has 74 valence electrons. The summed E-state index contributed by atoms with van der Waals surface area (Å²) in [5.74, 6) is 0. The van der Waals surface area contributed by atoms with E-state index < -0.39 is 0 Å². The van der Waals surface area contributed by atoms with Gasteiger partial charge in [0.15, 0.2) is 6.29 Å². The normalized spacial score (nSPS) is 7.15. The third kappa shape index (κ3) is 6.02. The summed E-state index contributed by atoms with van der Waals surface area (Å²) < 4.78 is 0. The Labute approximate surface area is 81.0 Å². The van der Waals surface area contributed by atoms with Gasteiger partial charge >= 0.3 is 0 Å². The Morgan fingerprint density at radius 1 is 1.23 bits per heavy atom. The average Bonchev–Trinajstić information content (AvgIpc) is 2.24. The molecule has 0 atom stereocenters. The lowest BCUT2D eigenvalue weighted by Crippen LogP contribution is -1.87. The van der Waals surface area contributed by atoms with E-state index in [2.05, 4.69) is 4.98 Å². The maximum atomic E-state index is 10.2. The fourth-order valence-corrected chi connectivity index (χ4v) is 0.621. The van der Waals surface area contributed by atoms with Gasteiger partial charge < -0.3 is 0 Å². The smallest absolute Gasteiger partial charge is 0.151 e. The number of aldehydes is 1. The predicted molar refractivity (Wildman–Crippen MR) is 57.1 cm³/mol. The van der Waals surface area contributed by atoms with Crippen LogP contribution in [-0.4, -0.2) is 11.3 Å². The third-order valence-corrected chi connectivity index (χ3v) is 1.17. The van der Waals surface area contributed by atoms with Crippen LogP contribution in [0.5, 0.6) is 0 Å². The second kappa shape index (κ2) is 10.8. The SMILES string of the molecule is CC.CC.Cc1ncccc1C=O. The molecule has 1 aromatic heterocycles. The molecule has 0 aromatic carbocycles. The van der Waals surface area contributed by atoms with Crippen molar-refractivity contribution in [2.24, 2.45) is 0 Å². The Hall–Kier alpha value is -1.18. The first kappa shape index (κ1) is 14.3. The van der Waals surface area contributed by atoms with Crippen molar-refractivity contribution < 1.29 is 4.79 Å². The first-order chi connectivity index (χ1) is 6.34. The van der Waals surface area contributed by atoms with Crippen molar-refractivity contribution in [1.29, 1.82) is 0 Å². The first-order valence-electron chi connectivity index (χ1n) is 4.71. The van der Waals surface area contributed by atoms with Gasteiger partial charge in [-0.2, -0.15) is 0 Å². The Bertz CT molecular complexity index is 221. The predicted octanol–water partition coefficient (Wildman–Crippen LogP) is 3.25. The van der Waals surface area contributed by atoms with E-state index in [1.807, 2.05) is 34.6 Å². The van der Waals surface area contributed by atoms with Gasteiger partial charge in [0.1, 0.15) is 0 Å². The minimum Gasteiger partial charge on any atom is -0.298 e. The van der Waals surface area contributed by atoms with Crippen molar-refractivity contribution in [3.8, 4) is 0 Å². The maximum absolute atomic E-state index is 10.2. The van der Waals surface area contributed by atoms with Crippen molar-refractivity contribution >= 4 is 6.29 Å². The molecule has 0 aliphatic heterocycles. The van der Waals surface area contributed by atoms with E-state index in [1.165, 1.54) is 0 Å². The third-order valence-electron chi connectivity index (χ3n) is 1.17. The minimum atomic E-state index is 0.664. The highest BCUT2D eigenvalue weighted by Crippen LogP contribution is 1.97. The molecule has 0 radical (unpaired) electrons. The van der Waals surface area contributed by atoms with E-state index in [9.17, 15) is 4.79 Å². The van der Waals surface area contributed by atoms with Crippen molar-refractivity contribution in [2.45, 2.75) is 34.6 Å². The molecule has 2 nitrogen and oxygen atoms in total. The summed E-state index contributed by atoms with van der Waals surface area (Å²) in [6, 6.07) is 3.49. The average molecular weight is 181 g/mol. The van der Waals surface area contributed by atoms with Gasteiger partial charge in [0.25, 0.3) is 0 Å². The molecule has 1 heterocycles. The summed E-state index contributed by atoms with van der Waals surface area (Å²) in [6.45, 7) is 9.81. The molecule has 0 fully saturated rings. The highest BCUT2D eigenvalue weighted by Gasteiger charge is 1.91. The Balaban J connectivity index is 0. The number of nitrogens with zero attached hydrogens (tertiary/aromatic N) is 1. The molecular formula is C11H19NO. The van der Waals surface area contributed by atoms with Gasteiger partial charge in [-0.1, -0.05) is 27.7 Å². The minimum absolute atomic E-state index is 0.664. The van der Waals surface area contributed by atoms with Crippen molar-refractivity contribution in [3.05, 3.63) is 29.6 Å². The van der Waals surface area contributed by atoms with E-state index >= 15 is 0 Å². The Morgan fingerprint density at radius 3 is 2.08 bits per heavy atom. The van der Waals surface area contributed by atoms with E-state index in [1.54, 1.807) is 18.3 Å². The van der Waals surface area contributed by atoms with Crippen LogP contribution in [0.3, 0.4) is 0 Å². The standard InChI is InChI=1S/C7H7NO.2C2H6/c1-6-7(5-9)3-2-4-8-6;2*1-2/h2-5H,1H3;2*1-2H3. The number of carbonyl (C=O) groups is 1. The van der Waals surface area contributed by atoms with E-state index in [-0.39, 0.29) is 0 Å². The molecule has 1 aromatic rings. The number of carbonyl (C=O) groups excluding carboxylic acids is 1. The van der Waals surface area contributed by atoms with Gasteiger partial charge in [0.05, 0.1) is 0 Å². The molecule has 0 spiro atoms. The fourth-order valence-electron chi connectivity index (χ4n) is 0.621. The summed E-state index contributed by atoms with van der Waals surface area (Å²) >= 11 is 0. The quantitative estimate of drug-likeness (QED) is 0.622. The zero-order valence-electron chi connectivity index (χ0n) is 9.16. The van der Waals surface area contributed by atoms with Crippen molar-refractivity contribution in [3.63, 3.8) is 0 Å². The summed E-state index contributed by atoms with van der Waals surface area (Å²) in [7, 11) is 0. The lowest BCUT2D eigenvalue weighted by atomic mass is 10.2. The van der Waals surface area contributed by atoms with Gasteiger partial charge in [0, 0.05) is 17.5 Å². The number of pyridine rings is 1. The van der Waals surface area contributed by atoms with Crippen LogP contribution in [0, 0.1) is 6.92 Å². The molecule has 0 aliphatic rings. The summed E-state index contributed by atoms with van der Waals surface area (Å²) in [6.07, 6.45) is 2.48. The van der Waals surface area contributed by atoms with Crippen LogP contribution in [0.25, 0.3) is 0 Å². The van der Waals surface area contributed by atoms with Crippen LogP contribution in [0.4, 0.5) is 0 Å². The van der Waals surface area contributed by atoms with E-state index in [4.69, 9.17) is 0 Å². The van der Waals surface area contributed by atoms with Gasteiger partial charge in [-0.3, -0.25) is 9.78 Å². The summed E-state index contributed by atoms with van der Waals surface area (Å²) in [5.41, 5.74) is 1.45. The molecular weight excluding hydrogens is 162 g/mol. The second-order valence-corrected chi connectivity index (χ2v) is 1.80. The molecule has 0 bridgehead atoms. The van der Waals surface area contributed by atoms with Gasteiger partial charge in [-0.15, -0.1) is 0 Å². The highest BCUT2D eigenvalue weighted by atomic mass is 16.1. The molecule has 0 unspecified atom stereocenters. The number of aromatic nitrogens is 1. The first-order valence-corrected chi connectivity index (χ1v) is 4.71. The Kier molecular flexibility index (Phi) is 11.9. The van der Waals surface area contributed by atoms with Crippen LogP contribution in [0.2, 0.25) is 0 Å². The van der Waals surface area contributed by atoms with E-state index in [0.29, 0.717) is 5.56 Å². The molecule has 0 N–H and O–H groups in total.